The average molecular weight is 686 g/mol. The van der Waals surface area contributed by atoms with E-state index < -0.39 is 59.6 Å². The van der Waals surface area contributed by atoms with Crippen molar-refractivity contribution in [2.45, 2.75) is 88.9 Å². The molecule has 2 aromatic carbocycles. The largest absolute Gasteiger partial charge is 0.480 e. The number of amides is 5. The first kappa shape index (κ1) is 36.3. The van der Waals surface area contributed by atoms with Gasteiger partial charge in [0.1, 0.15) is 23.9 Å². The molecule has 14 heteroatoms. The first-order chi connectivity index (χ1) is 22.6. The van der Waals surface area contributed by atoms with Gasteiger partial charge in [0.25, 0.3) is 11.8 Å². The summed E-state index contributed by atoms with van der Waals surface area (Å²) in [6, 6.07) is 6.01. The SMILES string of the molecule is CC(C)(C)c1ccc(C(=O)N[C@H]2CCCCNC(=O)CC[C@@H](C(=O)O)NC(=O)[C@@H]3C[C@@H](NC(=O)c4ccc(Cl)cc4F)CN3C2=O)cc1. The van der Waals surface area contributed by atoms with Crippen LogP contribution in [0.5, 0.6) is 0 Å². The smallest absolute Gasteiger partial charge is 0.326 e. The summed E-state index contributed by atoms with van der Waals surface area (Å²) in [6.07, 6.45) is 0.633. The first-order valence-electron chi connectivity index (χ1n) is 15.9. The van der Waals surface area contributed by atoms with Crippen LogP contribution in [-0.2, 0) is 24.6 Å². The van der Waals surface area contributed by atoms with Gasteiger partial charge in [-0.1, -0.05) is 44.5 Å². The lowest BCUT2D eigenvalue weighted by molar-refractivity contribution is -0.144. The molecular weight excluding hydrogens is 645 g/mol. The second-order valence-electron chi connectivity index (χ2n) is 13.2. The lowest BCUT2D eigenvalue weighted by atomic mass is 9.86. The monoisotopic (exact) mass is 685 g/mol. The minimum atomic E-state index is -1.42. The summed E-state index contributed by atoms with van der Waals surface area (Å²) >= 11 is 5.82. The molecule has 0 unspecified atom stereocenters. The number of carboxylic acid groups (broad SMARTS) is 1. The molecule has 258 valence electrons. The Labute approximate surface area is 283 Å². The van der Waals surface area contributed by atoms with Gasteiger partial charge in [-0.3, -0.25) is 24.0 Å². The van der Waals surface area contributed by atoms with E-state index in [1.54, 1.807) is 12.1 Å². The maximum atomic E-state index is 14.5. The third-order valence-corrected chi connectivity index (χ3v) is 8.77. The van der Waals surface area contributed by atoms with Crippen molar-refractivity contribution in [2.24, 2.45) is 0 Å². The van der Waals surface area contributed by atoms with Crippen LogP contribution >= 0.6 is 11.6 Å². The third kappa shape index (κ3) is 9.30. The van der Waals surface area contributed by atoms with E-state index in [-0.39, 0.29) is 60.7 Å². The van der Waals surface area contributed by atoms with E-state index in [2.05, 4.69) is 21.3 Å². The molecule has 2 aliphatic heterocycles. The van der Waals surface area contributed by atoms with E-state index >= 15 is 0 Å². The van der Waals surface area contributed by atoms with Crippen LogP contribution in [0.25, 0.3) is 0 Å². The number of fused-ring (bicyclic) bond motifs is 1. The lowest BCUT2D eigenvalue weighted by Gasteiger charge is -2.29. The van der Waals surface area contributed by atoms with Gasteiger partial charge in [-0.2, -0.15) is 0 Å². The number of carbonyl (C=O) groups excluding carboxylic acids is 5. The molecule has 2 heterocycles. The Morgan fingerprint density at radius 2 is 1.69 bits per heavy atom. The third-order valence-electron chi connectivity index (χ3n) is 8.53. The zero-order chi connectivity index (χ0) is 35.2. The number of nitrogens with one attached hydrogen (secondary N) is 4. The highest BCUT2D eigenvalue weighted by Gasteiger charge is 2.43. The van der Waals surface area contributed by atoms with E-state index in [1.807, 2.05) is 32.9 Å². The molecule has 2 saturated heterocycles. The molecule has 0 aliphatic carbocycles. The molecule has 0 bridgehead atoms. The molecule has 2 aliphatic rings. The van der Waals surface area contributed by atoms with E-state index in [4.69, 9.17) is 11.6 Å². The molecule has 5 amide bonds. The Hall–Kier alpha value is -4.52. The Morgan fingerprint density at radius 3 is 2.33 bits per heavy atom. The molecule has 4 atom stereocenters. The maximum absolute atomic E-state index is 14.5. The van der Waals surface area contributed by atoms with Crippen LogP contribution in [0.15, 0.2) is 42.5 Å². The van der Waals surface area contributed by atoms with Gasteiger partial charge in [-0.15, -0.1) is 0 Å². The highest BCUT2D eigenvalue weighted by atomic mass is 35.5. The molecule has 12 nitrogen and oxygen atoms in total. The van der Waals surface area contributed by atoms with Crippen LogP contribution in [0.1, 0.15) is 85.6 Å². The van der Waals surface area contributed by atoms with E-state index in [0.29, 0.717) is 18.4 Å². The number of rotatable bonds is 5. The van der Waals surface area contributed by atoms with Crippen LogP contribution < -0.4 is 21.3 Å². The molecule has 0 saturated carbocycles. The summed E-state index contributed by atoms with van der Waals surface area (Å²) < 4.78 is 14.5. The molecule has 2 aromatic rings. The number of hydrogen-bond acceptors (Lipinski definition) is 6. The zero-order valence-electron chi connectivity index (χ0n) is 27.1. The topological polar surface area (TPSA) is 174 Å². The number of benzene rings is 2. The summed E-state index contributed by atoms with van der Waals surface area (Å²) in [5.74, 6) is -5.30. The Morgan fingerprint density at radius 1 is 0.979 bits per heavy atom. The van der Waals surface area contributed by atoms with Gasteiger partial charge in [-0.25, -0.2) is 9.18 Å². The van der Waals surface area contributed by atoms with Crippen molar-refractivity contribution in [3.63, 3.8) is 0 Å². The normalized spacial score (nSPS) is 22.8. The standard InChI is InChI=1S/C34H41ClFN5O7/c1-34(2,3)20-9-7-19(8-10-20)29(43)39-25-6-4-5-15-37-28(42)14-13-26(33(47)48)40-31(45)27-17-22(18-41(27)32(25)46)38-30(44)23-12-11-21(35)16-24(23)36/h7-12,16,22,25-27H,4-6,13-15,17-18H2,1-3H3,(H,37,42)(H,38,44)(H,39,43)(H,40,45)(H,47,48)/t22-,25+,26+,27+/m1/s1. The second kappa shape index (κ2) is 15.6. The molecule has 0 spiro atoms. The molecule has 0 aromatic heterocycles. The van der Waals surface area contributed by atoms with Crippen LogP contribution in [0, 0.1) is 5.82 Å². The number of hydrogen-bond donors (Lipinski definition) is 5. The van der Waals surface area contributed by atoms with Gasteiger partial charge in [0.15, 0.2) is 0 Å². The minimum absolute atomic E-state index is 0.0989. The van der Waals surface area contributed by atoms with Crippen molar-refractivity contribution in [1.82, 2.24) is 26.2 Å². The van der Waals surface area contributed by atoms with Gasteiger partial charge in [0.2, 0.25) is 17.7 Å². The quantitative estimate of drug-likeness (QED) is 0.322. The van der Waals surface area contributed by atoms with E-state index in [0.717, 1.165) is 11.6 Å². The predicted molar refractivity (Wildman–Crippen MR) is 175 cm³/mol. The van der Waals surface area contributed by atoms with Crippen LogP contribution in [0.4, 0.5) is 4.39 Å². The number of carboxylic acids is 1. The molecule has 4 rings (SSSR count). The maximum Gasteiger partial charge on any atom is 0.326 e. The molecule has 0 radical (unpaired) electrons. The lowest BCUT2D eigenvalue weighted by Crippen LogP contribution is -2.55. The van der Waals surface area contributed by atoms with Gasteiger partial charge in [0, 0.05) is 36.1 Å². The summed E-state index contributed by atoms with van der Waals surface area (Å²) in [7, 11) is 0. The summed E-state index contributed by atoms with van der Waals surface area (Å²) in [5.41, 5.74) is 0.921. The van der Waals surface area contributed by atoms with Gasteiger partial charge < -0.3 is 31.3 Å². The Bertz CT molecular complexity index is 1560. The van der Waals surface area contributed by atoms with Gasteiger partial charge in [-0.05, 0) is 73.4 Å². The van der Waals surface area contributed by atoms with Crippen molar-refractivity contribution in [2.75, 3.05) is 13.1 Å². The van der Waals surface area contributed by atoms with E-state index in [1.165, 1.54) is 17.0 Å². The highest BCUT2D eigenvalue weighted by Crippen LogP contribution is 2.24. The Kier molecular flexibility index (Phi) is 11.8. The van der Waals surface area contributed by atoms with Gasteiger partial charge >= 0.3 is 5.97 Å². The minimum Gasteiger partial charge on any atom is -0.480 e. The number of aliphatic carboxylic acids is 1. The fourth-order valence-electron chi connectivity index (χ4n) is 5.78. The number of carbonyl (C=O) groups is 6. The highest BCUT2D eigenvalue weighted by molar-refractivity contribution is 6.30. The van der Waals surface area contributed by atoms with Crippen LogP contribution in [-0.4, -0.2) is 82.8 Å². The average Bonchev–Trinajstić information content (AvgIpc) is 3.44. The fraction of sp³-hybridized carbons (Fsp3) is 0.471. The Balaban J connectivity index is 1.62. The molecule has 2 fully saturated rings. The van der Waals surface area contributed by atoms with Crippen LogP contribution in [0.2, 0.25) is 5.02 Å². The fourth-order valence-corrected chi connectivity index (χ4v) is 5.94. The number of nitrogens with zero attached hydrogens (tertiary/aromatic N) is 1. The van der Waals surface area contributed by atoms with Crippen molar-refractivity contribution in [3.05, 3.63) is 70.0 Å². The molecule has 5 N–H and O–H groups in total. The van der Waals surface area contributed by atoms with E-state index in [9.17, 15) is 38.3 Å². The second-order valence-corrected chi connectivity index (χ2v) is 13.6. The predicted octanol–water partition coefficient (Wildman–Crippen LogP) is 2.92. The van der Waals surface area contributed by atoms with Crippen molar-refractivity contribution in [1.29, 1.82) is 0 Å². The number of halogens is 2. The molecular formula is C34H41ClFN5O7. The van der Waals surface area contributed by atoms with Crippen molar-refractivity contribution in [3.8, 4) is 0 Å². The van der Waals surface area contributed by atoms with Gasteiger partial charge in [0.05, 0.1) is 5.56 Å². The summed E-state index contributed by atoms with van der Waals surface area (Å²) in [4.78, 5) is 79.7. The summed E-state index contributed by atoms with van der Waals surface area (Å²) in [6.45, 7) is 6.24. The first-order valence-corrected chi connectivity index (χ1v) is 16.3. The molecule has 48 heavy (non-hydrogen) atoms. The zero-order valence-corrected chi connectivity index (χ0v) is 27.9. The van der Waals surface area contributed by atoms with Crippen LogP contribution in [0.3, 0.4) is 0 Å². The van der Waals surface area contributed by atoms with Crippen molar-refractivity contribution >= 4 is 47.1 Å². The van der Waals surface area contributed by atoms with Crippen molar-refractivity contribution < 1.29 is 38.3 Å². The summed E-state index contributed by atoms with van der Waals surface area (Å²) in [5, 5.41) is 20.5.